The SMILES string of the molecule is CNCC1CCN(Cc2ccncc2)CC1. The Bertz CT molecular complexity index is 291. The van der Waals surface area contributed by atoms with E-state index < -0.39 is 0 Å². The molecule has 1 saturated heterocycles. The number of aromatic nitrogens is 1. The molecule has 0 saturated carbocycles. The summed E-state index contributed by atoms with van der Waals surface area (Å²) in [5.41, 5.74) is 1.38. The largest absolute Gasteiger partial charge is 0.319 e. The summed E-state index contributed by atoms with van der Waals surface area (Å²) in [6, 6.07) is 4.22. The Kier molecular flexibility index (Phi) is 4.31. The Morgan fingerprint density at radius 1 is 1.31 bits per heavy atom. The Balaban J connectivity index is 1.77. The number of pyridine rings is 1. The van der Waals surface area contributed by atoms with Crippen molar-refractivity contribution in [2.75, 3.05) is 26.7 Å². The van der Waals surface area contributed by atoms with Crippen molar-refractivity contribution < 1.29 is 0 Å². The van der Waals surface area contributed by atoms with Crippen molar-refractivity contribution in [3.05, 3.63) is 30.1 Å². The fourth-order valence-corrected chi connectivity index (χ4v) is 2.38. The smallest absolute Gasteiger partial charge is 0.0271 e. The number of hydrogen-bond acceptors (Lipinski definition) is 3. The van der Waals surface area contributed by atoms with Crippen LogP contribution in [0.4, 0.5) is 0 Å². The lowest BCUT2D eigenvalue weighted by Gasteiger charge is -2.31. The quantitative estimate of drug-likeness (QED) is 0.832. The molecule has 0 spiro atoms. The molecule has 1 fully saturated rings. The van der Waals surface area contributed by atoms with E-state index >= 15 is 0 Å². The van der Waals surface area contributed by atoms with Crippen LogP contribution < -0.4 is 5.32 Å². The third-order valence-electron chi connectivity index (χ3n) is 3.36. The number of hydrogen-bond donors (Lipinski definition) is 1. The molecular formula is C13H21N3. The number of rotatable bonds is 4. The molecule has 0 bridgehead atoms. The van der Waals surface area contributed by atoms with E-state index in [-0.39, 0.29) is 0 Å². The van der Waals surface area contributed by atoms with Crippen LogP contribution >= 0.6 is 0 Å². The van der Waals surface area contributed by atoms with Gasteiger partial charge < -0.3 is 5.32 Å². The third-order valence-corrected chi connectivity index (χ3v) is 3.36. The fraction of sp³-hybridized carbons (Fsp3) is 0.615. The fourth-order valence-electron chi connectivity index (χ4n) is 2.38. The first-order chi connectivity index (χ1) is 7.88. The highest BCUT2D eigenvalue weighted by Crippen LogP contribution is 2.17. The van der Waals surface area contributed by atoms with Crippen LogP contribution in [0.2, 0.25) is 0 Å². The van der Waals surface area contributed by atoms with Crippen LogP contribution in [0.5, 0.6) is 0 Å². The molecule has 16 heavy (non-hydrogen) atoms. The lowest BCUT2D eigenvalue weighted by atomic mass is 9.96. The summed E-state index contributed by atoms with van der Waals surface area (Å²) in [5.74, 6) is 0.874. The van der Waals surface area contributed by atoms with Crippen LogP contribution in [0.3, 0.4) is 0 Å². The molecule has 0 unspecified atom stereocenters. The van der Waals surface area contributed by atoms with Gasteiger partial charge in [-0.25, -0.2) is 0 Å². The van der Waals surface area contributed by atoms with E-state index in [4.69, 9.17) is 0 Å². The van der Waals surface area contributed by atoms with Crippen molar-refractivity contribution in [3.8, 4) is 0 Å². The van der Waals surface area contributed by atoms with Gasteiger partial charge in [0.15, 0.2) is 0 Å². The summed E-state index contributed by atoms with van der Waals surface area (Å²) in [5, 5.41) is 3.28. The van der Waals surface area contributed by atoms with Gasteiger partial charge in [0.2, 0.25) is 0 Å². The van der Waals surface area contributed by atoms with Gasteiger partial charge in [-0.15, -0.1) is 0 Å². The molecule has 0 amide bonds. The minimum atomic E-state index is 0.874. The zero-order valence-corrected chi connectivity index (χ0v) is 10.0. The minimum Gasteiger partial charge on any atom is -0.319 e. The standard InChI is InChI=1S/C13H21N3/c1-14-10-12-4-8-16(9-5-12)11-13-2-6-15-7-3-13/h2-3,6-7,12,14H,4-5,8-11H2,1H3. The van der Waals surface area contributed by atoms with Crippen LogP contribution in [0.1, 0.15) is 18.4 Å². The molecule has 1 aromatic heterocycles. The summed E-state index contributed by atoms with van der Waals surface area (Å²) in [6.07, 6.45) is 6.41. The van der Waals surface area contributed by atoms with Crippen molar-refractivity contribution in [2.45, 2.75) is 19.4 Å². The van der Waals surface area contributed by atoms with Gasteiger partial charge in [-0.1, -0.05) is 0 Å². The number of nitrogens with one attached hydrogen (secondary N) is 1. The molecule has 1 N–H and O–H groups in total. The molecule has 2 heterocycles. The van der Waals surface area contributed by atoms with Crippen LogP contribution in [0.15, 0.2) is 24.5 Å². The Hall–Kier alpha value is -0.930. The maximum atomic E-state index is 4.05. The van der Waals surface area contributed by atoms with Gasteiger partial charge in [0.1, 0.15) is 0 Å². The van der Waals surface area contributed by atoms with Gasteiger partial charge >= 0.3 is 0 Å². The number of likely N-dealkylation sites (tertiary alicyclic amines) is 1. The molecule has 88 valence electrons. The Labute approximate surface area is 97.9 Å². The number of nitrogens with zero attached hydrogens (tertiary/aromatic N) is 2. The summed E-state index contributed by atoms with van der Waals surface area (Å²) in [6.45, 7) is 4.71. The first kappa shape index (κ1) is 11.6. The summed E-state index contributed by atoms with van der Waals surface area (Å²) in [7, 11) is 2.04. The molecular weight excluding hydrogens is 198 g/mol. The van der Waals surface area contributed by atoms with E-state index in [1.165, 1.54) is 38.0 Å². The van der Waals surface area contributed by atoms with Crippen LogP contribution in [-0.2, 0) is 6.54 Å². The van der Waals surface area contributed by atoms with Gasteiger partial charge in [-0.05, 0) is 63.1 Å². The summed E-state index contributed by atoms with van der Waals surface area (Å²) < 4.78 is 0. The van der Waals surface area contributed by atoms with Crippen molar-refractivity contribution in [3.63, 3.8) is 0 Å². The van der Waals surface area contributed by atoms with E-state index in [1.807, 2.05) is 19.4 Å². The summed E-state index contributed by atoms with van der Waals surface area (Å²) >= 11 is 0. The van der Waals surface area contributed by atoms with Gasteiger partial charge in [-0.3, -0.25) is 9.88 Å². The molecule has 0 radical (unpaired) electrons. The average molecular weight is 219 g/mol. The Morgan fingerprint density at radius 3 is 2.62 bits per heavy atom. The molecule has 3 nitrogen and oxygen atoms in total. The molecule has 2 rings (SSSR count). The lowest BCUT2D eigenvalue weighted by Crippen LogP contribution is -2.36. The van der Waals surface area contributed by atoms with E-state index in [1.54, 1.807) is 0 Å². The second-order valence-electron chi connectivity index (χ2n) is 4.63. The van der Waals surface area contributed by atoms with Crippen LogP contribution in [0.25, 0.3) is 0 Å². The maximum absolute atomic E-state index is 4.05. The topological polar surface area (TPSA) is 28.2 Å². The van der Waals surface area contributed by atoms with Crippen molar-refractivity contribution in [2.24, 2.45) is 5.92 Å². The van der Waals surface area contributed by atoms with E-state index in [0.29, 0.717) is 0 Å². The monoisotopic (exact) mass is 219 g/mol. The molecule has 1 aliphatic rings. The third kappa shape index (κ3) is 3.29. The van der Waals surface area contributed by atoms with E-state index in [0.717, 1.165) is 12.5 Å². The van der Waals surface area contributed by atoms with Crippen molar-refractivity contribution in [1.82, 2.24) is 15.2 Å². The second kappa shape index (κ2) is 5.97. The maximum Gasteiger partial charge on any atom is 0.0271 e. The predicted octanol–water partition coefficient (Wildman–Crippen LogP) is 1.51. The highest BCUT2D eigenvalue weighted by molar-refractivity contribution is 5.09. The normalized spacial score (nSPS) is 18.8. The number of piperidine rings is 1. The average Bonchev–Trinajstić information content (AvgIpc) is 2.33. The predicted molar refractivity (Wildman–Crippen MR) is 66.2 cm³/mol. The highest BCUT2D eigenvalue weighted by atomic mass is 15.1. The first-order valence-electron chi connectivity index (χ1n) is 6.14. The minimum absolute atomic E-state index is 0.874. The van der Waals surface area contributed by atoms with E-state index in [9.17, 15) is 0 Å². The molecule has 3 heteroatoms. The van der Waals surface area contributed by atoms with Crippen LogP contribution in [-0.4, -0.2) is 36.6 Å². The molecule has 1 aliphatic heterocycles. The van der Waals surface area contributed by atoms with Gasteiger partial charge in [0, 0.05) is 18.9 Å². The zero-order chi connectivity index (χ0) is 11.2. The Morgan fingerprint density at radius 2 is 2.00 bits per heavy atom. The van der Waals surface area contributed by atoms with Crippen molar-refractivity contribution in [1.29, 1.82) is 0 Å². The molecule has 0 atom stereocenters. The van der Waals surface area contributed by atoms with Crippen molar-refractivity contribution >= 4 is 0 Å². The second-order valence-corrected chi connectivity index (χ2v) is 4.63. The zero-order valence-electron chi connectivity index (χ0n) is 10.0. The highest BCUT2D eigenvalue weighted by Gasteiger charge is 2.18. The molecule has 0 aromatic carbocycles. The van der Waals surface area contributed by atoms with Crippen LogP contribution in [0, 0.1) is 5.92 Å². The molecule has 0 aliphatic carbocycles. The van der Waals surface area contributed by atoms with E-state index in [2.05, 4.69) is 27.3 Å². The van der Waals surface area contributed by atoms with Gasteiger partial charge in [-0.2, -0.15) is 0 Å². The molecule has 1 aromatic rings. The first-order valence-corrected chi connectivity index (χ1v) is 6.14. The lowest BCUT2D eigenvalue weighted by molar-refractivity contribution is 0.177. The summed E-state index contributed by atoms with van der Waals surface area (Å²) in [4.78, 5) is 6.59. The van der Waals surface area contributed by atoms with Gasteiger partial charge in [0.05, 0.1) is 0 Å². The van der Waals surface area contributed by atoms with Gasteiger partial charge in [0.25, 0.3) is 0 Å².